The van der Waals surface area contributed by atoms with E-state index in [9.17, 15) is 4.79 Å². The Kier molecular flexibility index (Phi) is 3.53. The lowest BCUT2D eigenvalue weighted by molar-refractivity contribution is -0.137. The molecular weight excluding hydrogens is 304 g/mol. The molecule has 0 aliphatic carbocycles. The number of nitrogens with zero attached hydrogens (tertiary/aromatic N) is 6. The number of carbonyl (C=O) groups excluding carboxylic acids is 1. The van der Waals surface area contributed by atoms with Crippen molar-refractivity contribution in [2.75, 3.05) is 0 Å². The molecule has 120 valence electrons. The van der Waals surface area contributed by atoms with Crippen LogP contribution in [-0.2, 0) is 17.9 Å². The number of rotatable bonds is 3. The van der Waals surface area contributed by atoms with Gasteiger partial charge in [-0.15, -0.1) is 10.2 Å². The first-order chi connectivity index (χ1) is 11.7. The summed E-state index contributed by atoms with van der Waals surface area (Å²) in [5.74, 6) is 1.40. The summed E-state index contributed by atoms with van der Waals surface area (Å²) in [6.07, 6.45) is 4.84. The molecule has 0 saturated carbocycles. The summed E-state index contributed by atoms with van der Waals surface area (Å²) >= 11 is 0. The van der Waals surface area contributed by atoms with Crippen LogP contribution in [-0.4, -0.2) is 35.5 Å². The van der Waals surface area contributed by atoms with Gasteiger partial charge in [0.1, 0.15) is 11.7 Å². The molecule has 0 radical (unpaired) electrons. The largest absolute Gasteiger partial charge is 0.329 e. The first-order valence-corrected chi connectivity index (χ1v) is 7.77. The lowest BCUT2D eigenvalue weighted by atomic mass is 10.1. The predicted octanol–water partition coefficient (Wildman–Crippen LogP) is 1.84. The van der Waals surface area contributed by atoms with E-state index in [-0.39, 0.29) is 11.9 Å². The first-order valence-electron chi connectivity index (χ1n) is 7.77. The number of hydrogen-bond donors (Lipinski definition) is 0. The standard InChI is InChI=1S/C17H16N6O/c1-12-17(24)22(10-13-5-3-2-4-6-13)11-15-20-21-16(23(12)15)14-9-18-7-8-19-14/h2-9,12H,10-11H2,1H3/t12-/m1/s1. The molecule has 0 spiro atoms. The second-order valence-electron chi connectivity index (χ2n) is 5.76. The Balaban J connectivity index is 1.67. The summed E-state index contributed by atoms with van der Waals surface area (Å²) in [5.41, 5.74) is 1.72. The van der Waals surface area contributed by atoms with Gasteiger partial charge in [-0.3, -0.25) is 14.3 Å². The normalized spacial score (nSPS) is 17.0. The zero-order chi connectivity index (χ0) is 16.5. The van der Waals surface area contributed by atoms with Crippen molar-refractivity contribution in [3.63, 3.8) is 0 Å². The third kappa shape index (κ3) is 2.44. The van der Waals surface area contributed by atoms with Crippen LogP contribution in [0, 0.1) is 0 Å². The number of benzene rings is 1. The summed E-state index contributed by atoms with van der Waals surface area (Å²) in [6.45, 7) is 2.87. The highest BCUT2D eigenvalue weighted by molar-refractivity contribution is 5.81. The maximum absolute atomic E-state index is 12.8. The van der Waals surface area contributed by atoms with Crippen molar-refractivity contribution in [1.29, 1.82) is 0 Å². The molecule has 2 aromatic heterocycles. The van der Waals surface area contributed by atoms with Gasteiger partial charge in [-0.2, -0.15) is 0 Å². The summed E-state index contributed by atoms with van der Waals surface area (Å²) < 4.78 is 1.86. The van der Waals surface area contributed by atoms with E-state index < -0.39 is 0 Å². The van der Waals surface area contributed by atoms with E-state index in [0.29, 0.717) is 24.6 Å². The minimum atomic E-state index is -0.371. The second-order valence-corrected chi connectivity index (χ2v) is 5.76. The van der Waals surface area contributed by atoms with Crippen LogP contribution >= 0.6 is 0 Å². The van der Waals surface area contributed by atoms with Gasteiger partial charge in [0, 0.05) is 18.9 Å². The molecule has 0 bridgehead atoms. The van der Waals surface area contributed by atoms with Crippen LogP contribution in [0.15, 0.2) is 48.9 Å². The maximum Gasteiger partial charge on any atom is 0.246 e. The van der Waals surface area contributed by atoms with Crippen molar-refractivity contribution in [3.05, 3.63) is 60.3 Å². The summed E-state index contributed by atoms with van der Waals surface area (Å²) in [7, 11) is 0. The molecule has 4 rings (SSSR count). The van der Waals surface area contributed by atoms with Gasteiger partial charge in [-0.1, -0.05) is 30.3 Å². The molecule has 0 saturated heterocycles. The van der Waals surface area contributed by atoms with Crippen LogP contribution in [0.1, 0.15) is 24.4 Å². The summed E-state index contributed by atoms with van der Waals surface area (Å²) in [5, 5.41) is 8.49. The minimum absolute atomic E-state index is 0.0521. The van der Waals surface area contributed by atoms with Crippen LogP contribution in [0.3, 0.4) is 0 Å². The average molecular weight is 320 g/mol. The van der Waals surface area contributed by atoms with E-state index in [4.69, 9.17) is 0 Å². The van der Waals surface area contributed by atoms with Crippen LogP contribution in [0.4, 0.5) is 0 Å². The molecular formula is C17H16N6O. The molecule has 0 unspecified atom stereocenters. The Labute approximate surface area is 139 Å². The van der Waals surface area contributed by atoms with Crippen LogP contribution in [0.25, 0.3) is 11.5 Å². The zero-order valence-corrected chi connectivity index (χ0v) is 13.2. The van der Waals surface area contributed by atoms with Crippen molar-refractivity contribution in [1.82, 2.24) is 29.6 Å². The third-order valence-corrected chi connectivity index (χ3v) is 4.16. The van der Waals surface area contributed by atoms with Crippen molar-refractivity contribution in [3.8, 4) is 11.5 Å². The van der Waals surface area contributed by atoms with E-state index in [1.807, 2.05) is 46.7 Å². The smallest absolute Gasteiger partial charge is 0.246 e. The number of hydrogen-bond acceptors (Lipinski definition) is 5. The monoisotopic (exact) mass is 320 g/mol. The van der Waals surface area contributed by atoms with Gasteiger partial charge in [0.25, 0.3) is 0 Å². The number of carbonyl (C=O) groups is 1. The van der Waals surface area contributed by atoms with Crippen molar-refractivity contribution in [2.24, 2.45) is 0 Å². The van der Waals surface area contributed by atoms with E-state index in [1.165, 1.54) is 0 Å². The molecule has 1 aliphatic heterocycles. The molecule has 7 heteroatoms. The molecule has 1 aliphatic rings. The van der Waals surface area contributed by atoms with Gasteiger partial charge >= 0.3 is 0 Å². The minimum Gasteiger partial charge on any atom is -0.329 e. The Morgan fingerprint density at radius 1 is 1.17 bits per heavy atom. The van der Waals surface area contributed by atoms with E-state index in [2.05, 4.69) is 20.2 Å². The Morgan fingerprint density at radius 2 is 2.00 bits per heavy atom. The fraction of sp³-hybridized carbons (Fsp3) is 0.235. The van der Waals surface area contributed by atoms with Gasteiger partial charge in [0.15, 0.2) is 11.6 Å². The molecule has 0 N–H and O–H groups in total. The third-order valence-electron chi connectivity index (χ3n) is 4.16. The molecule has 1 atom stereocenters. The van der Waals surface area contributed by atoms with Gasteiger partial charge < -0.3 is 4.90 Å². The van der Waals surface area contributed by atoms with Gasteiger partial charge in [0.05, 0.1) is 12.7 Å². The average Bonchev–Trinajstić information content (AvgIpc) is 3.05. The quantitative estimate of drug-likeness (QED) is 0.736. The highest BCUT2D eigenvalue weighted by Crippen LogP contribution is 2.27. The lowest BCUT2D eigenvalue weighted by Crippen LogP contribution is -2.41. The SMILES string of the molecule is C[C@@H]1C(=O)N(Cc2ccccc2)Cc2nnc(-c3cnccn3)n21. The van der Waals surface area contributed by atoms with E-state index in [1.54, 1.807) is 18.6 Å². The molecule has 7 nitrogen and oxygen atoms in total. The van der Waals surface area contributed by atoms with Gasteiger partial charge in [0.2, 0.25) is 5.91 Å². The van der Waals surface area contributed by atoms with Crippen molar-refractivity contribution >= 4 is 5.91 Å². The fourth-order valence-electron chi connectivity index (χ4n) is 2.99. The highest BCUT2D eigenvalue weighted by Gasteiger charge is 2.33. The molecule has 3 aromatic rings. The number of fused-ring (bicyclic) bond motifs is 1. The molecule has 3 heterocycles. The van der Waals surface area contributed by atoms with Crippen molar-refractivity contribution in [2.45, 2.75) is 26.1 Å². The Morgan fingerprint density at radius 3 is 2.75 bits per heavy atom. The Hall–Kier alpha value is -3.09. The lowest BCUT2D eigenvalue weighted by Gasteiger charge is -2.32. The highest BCUT2D eigenvalue weighted by atomic mass is 16.2. The molecule has 1 amide bonds. The summed E-state index contributed by atoms with van der Waals surface area (Å²) in [4.78, 5) is 22.9. The van der Waals surface area contributed by atoms with Crippen molar-refractivity contribution < 1.29 is 4.79 Å². The predicted molar refractivity (Wildman–Crippen MR) is 86.5 cm³/mol. The van der Waals surface area contributed by atoms with E-state index in [0.717, 1.165) is 11.4 Å². The van der Waals surface area contributed by atoms with Gasteiger partial charge in [-0.25, -0.2) is 4.98 Å². The first kappa shape index (κ1) is 14.5. The van der Waals surface area contributed by atoms with E-state index >= 15 is 0 Å². The fourth-order valence-corrected chi connectivity index (χ4v) is 2.99. The van der Waals surface area contributed by atoms with Crippen LogP contribution < -0.4 is 0 Å². The second kappa shape index (κ2) is 5.84. The Bertz CT molecular complexity index is 861. The van der Waals surface area contributed by atoms with Gasteiger partial charge in [-0.05, 0) is 12.5 Å². The van der Waals surface area contributed by atoms with Crippen LogP contribution in [0.5, 0.6) is 0 Å². The zero-order valence-electron chi connectivity index (χ0n) is 13.2. The topological polar surface area (TPSA) is 76.8 Å². The maximum atomic E-state index is 12.8. The summed E-state index contributed by atoms with van der Waals surface area (Å²) in [6, 6.07) is 9.58. The molecule has 0 fully saturated rings. The van der Waals surface area contributed by atoms with Crippen LogP contribution in [0.2, 0.25) is 0 Å². The number of aromatic nitrogens is 5. The number of amides is 1. The molecule has 1 aromatic carbocycles. The molecule has 24 heavy (non-hydrogen) atoms.